The zero-order chi connectivity index (χ0) is 13.1. The van der Waals surface area contributed by atoms with E-state index < -0.39 is 21.5 Å². The summed E-state index contributed by atoms with van der Waals surface area (Å²) in [5.41, 5.74) is 7.10. The lowest BCUT2D eigenvalue weighted by molar-refractivity contribution is -0.127. The van der Waals surface area contributed by atoms with Gasteiger partial charge in [-0.2, -0.15) is 0 Å². The highest BCUT2D eigenvalue weighted by Crippen LogP contribution is 2.08. The molecule has 0 saturated carbocycles. The number of carbonyl (C=O) groups is 1. The number of hydrogen-bond acceptors (Lipinski definition) is 4. The number of benzene rings is 1. The number of rotatable bonds is 4. The third-order valence-electron chi connectivity index (χ3n) is 2.21. The van der Waals surface area contributed by atoms with Crippen LogP contribution in [0.4, 0.5) is 5.69 Å². The van der Waals surface area contributed by atoms with E-state index in [0.717, 1.165) is 11.8 Å². The van der Waals surface area contributed by atoms with E-state index in [4.69, 9.17) is 5.73 Å². The molecule has 0 spiro atoms. The summed E-state index contributed by atoms with van der Waals surface area (Å²) in [5.74, 6) is -0.873. The Labute approximate surface area is 101 Å². The van der Waals surface area contributed by atoms with Crippen LogP contribution >= 0.6 is 0 Å². The average Bonchev–Trinajstić information content (AvgIpc) is 2.19. The van der Waals surface area contributed by atoms with Crippen LogP contribution in [0.3, 0.4) is 0 Å². The highest BCUT2D eigenvalue weighted by atomic mass is 32.2. The first-order chi connectivity index (χ1) is 7.78. The molecule has 0 aliphatic rings. The van der Waals surface area contributed by atoms with Gasteiger partial charge in [-0.15, -0.1) is 0 Å². The fourth-order valence-corrected chi connectivity index (χ4v) is 1.99. The Morgan fingerprint density at radius 1 is 1.29 bits per heavy atom. The topological polar surface area (TPSA) is 80.5 Å². The lowest BCUT2D eigenvalue weighted by Gasteiger charge is -2.16. The first-order valence-corrected chi connectivity index (χ1v) is 7.10. The SMILES string of the molecule is CN(Cc1ccc(N)cc1)C(=O)CS(C)(=O)=O. The highest BCUT2D eigenvalue weighted by Gasteiger charge is 2.15. The Hall–Kier alpha value is -1.56. The second-order valence-electron chi connectivity index (χ2n) is 4.06. The summed E-state index contributed by atoms with van der Waals surface area (Å²) in [6.45, 7) is 0.370. The second kappa shape index (κ2) is 5.18. The zero-order valence-corrected chi connectivity index (χ0v) is 10.7. The lowest BCUT2D eigenvalue weighted by Crippen LogP contribution is -2.31. The first-order valence-electron chi connectivity index (χ1n) is 5.04. The van der Waals surface area contributed by atoms with E-state index in [1.807, 2.05) is 0 Å². The minimum absolute atomic E-state index is 0.370. The molecule has 17 heavy (non-hydrogen) atoms. The molecule has 1 aromatic carbocycles. The molecule has 0 aliphatic heterocycles. The van der Waals surface area contributed by atoms with Crippen LogP contribution in [0, 0.1) is 0 Å². The van der Waals surface area contributed by atoms with Crippen LogP contribution in [-0.4, -0.2) is 38.3 Å². The largest absolute Gasteiger partial charge is 0.399 e. The third-order valence-corrected chi connectivity index (χ3v) is 2.98. The molecule has 0 heterocycles. The molecule has 0 aliphatic carbocycles. The van der Waals surface area contributed by atoms with Crippen LogP contribution in [0.2, 0.25) is 0 Å². The zero-order valence-electron chi connectivity index (χ0n) is 9.88. The van der Waals surface area contributed by atoms with E-state index >= 15 is 0 Å². The molecule has 0 radical (unpaired) electrons. The third kappa shape index (κ3) is 4.86. The summed E-state index contributed by atoms with van der Waals surface area (Å²) in [4.78, 5) is 12.9. The van der Waals surface area contributed by atoms with Gasteiger partial charge in [-0.3, -0.25) is 4.79 Å². The van der Waals surface area contributed by atoms with Gasteiger partial charge in [0.15, 0.2) is 9.84 Å². The van der Waals surface area contributed by atoms with Crippen molar-refractivity contribution < 1.29 is 13.2 Å². The summed E-state index contributed by atoms with van der Waals surface area (Å²) in [7, 11) is -1.71. The maximum absolute atomic E-state index is 11.6. The molecule has 0 atom stereocenters. The van der Waals surface area contributed by atoms with E-state index in [1.54, 1.807) is 31.3 Å². The number of nitrogens with zero attached hydrogens (tertiary/aromatic N) is 1. The van der Waals surface area contributed by atoms with Crippen LogP contribution in [-0.2, 0) is 21.2 Å². The molecule has 0 fully saturated rings. The van der Waals surface area contributed by atoms with E-state index in [1.165, 1.54) is 4.90 Å². The van der Waals surface area contributed by atoms with E-state index in [-0.39, 0.29) is 0 Å². The fraction of sp³-hybridized carbons (Fsp3) is 0.364. The molecule has 1 amide bonds. The summed E-state index contributed by atoms with van der Waals surface area (Å²) in [5, 5.41) is 0. The summed E-state index contributed by atoms with van der Waals surface area (Å²) < 4.78 is 22.0. The standard InChI is InChI=1S/C11H16N2O3S/c1-13(11(14)8-17(2,15)16)7-9-3-5-10(12)6-4-9/h3-6H,7-8,12H2,1-2H3. The van der Waals surface area contributed by atoms with Crippen molar-refractivity contribution in [1.82, 2.24) is 4.90 Å². The van der Waals surface area contributed by atoms with Gasteiger partial charge >= 0.3 is 0 Å². The number of carbonyl (C=O) groups excluding carboxylic acids is 1. The molecule has 1 rings (SSSR count). The molecule has 0 saturated heterocycles. The second-order valence-corrected chi connectivity index (χ2v) is 6.20. The van der Waals surface area contributed by atoms with Gasteiger partial charge in [0, 0.05) is 25.5 Å². The van der Waals surface area contributed by atoms with Crippen molar-refractivity contribution in [3.8, 4) is 0 Å². The fourth-order valence-electron chi connectivity index (χ4n) is 1.32. The van der Waals surface area contributed by atoms with Crippen LogP contribution in [0.1, 0.15) is 5.56 Å². The predicted octanol–water partition coefficient (Wildman–Crippen LogP) is 0.272. The summed E-state index contributed by atoms with van der Waals surface area (Å²) >= 11 is 0. The molecule has 0 aromatic heterocycles. The number of amides is 1. The number of hydrogen-bond donors (Lipinski definition) is 1. The first kappa shape index (κ1) is 13.5. The Balaban J connectivity index is 2.63. The molecule has 0 unspecified atom stereocenters. The monoisotopic (exact) mass is 256 g/mol. The maximum atomic E-state index is 11.6. The van der Waals surface area contributed by atoms with Crippen molar-refractivity contribution in [3.63, 3.8) is 0 Å². The number of sulfone groups is 1. The Morgan fingerprint density at radius 3 is 2.29 bits per heavy atom. The molecular weight excluding hydrogens is 240 g/mol. The molecule has 2 N–H and O–H groups in total. The Bertz CT molecular complexity index is 494. The van der Waals surface area contributed by atoms with Gasteiger partial charge in [-0.25, -0.2) is 8.42 Å². The molecular formula is C11H16N2O3S. The number of anilines is 1. The van der Waals surface area contributed by atoms with Crippen molar-refractivity contribution in [2.75, 3.05) is 24.8 Å². The van der Waals surface area contributed by atoms with Gasteiger partial charge in [0.2, 0.25) is 5.91 Å². The van der Waals surface area contributed by atoms with Crippen LogP contribution in [0.5, 0.6) is 0 Å². The summed E-state index contributed by atoms with van der Waals surface area (Å²) in [6, 6.07) is 7.09. The summed E-state index contributed by atoms with van der Waals surface area (Å²) in [6.07, 6.45) is 1.04. The molecule has 94 valence electrons. The normalized spacial score (nSPS) is 11.2. The maximum Gasteiger partial charge on any atom is 0.237 e. The van der Waals surface area contributed by atoms with Crippen molar-refractivity contribution in [2.24, 2.45) is 0 Å². The van der Waals surface area contributed by atoms with Crippen molar-refractivity contribution in [2.45, 2.75) is 6.54 Å². The van der Waals surface area contributed by atoms with Crippen molar-refractivity contribution >= 4 is 21.4 Å². The molecule has 1 aromatic rings. The van der Waals surface area contributed by atoms with Crippen LogP contribution in [0.25, 0.3) is 0 Å². The predicted molar refractivity (Wildman–Crippen MR) is 67.0 cm³/mol. The van der Waals surface area contributed by atoms with Crippen LogP contribution < -0.4 is 5.73 Å². The number of nitrogen functional groups attached to an aromatic ring is 1. The van der Waals surface area contributed by atoms with E-state index in [2.05, 4.69) is 0 Å². The highest BCUT2D eigenvalue weighted by molar-refractivity contribution is 7.91. The van der Waals surface area contributed by atoms with Crippen LogP contribution in [0.15, 0.2) is 24.3 Å². The average molecular weight is 256 g/mol. The number of nitrogens with two attached hydrogens (primary N) is 1. The molecule has 6 heteroatoms. The molecule has 0 bridgehead atoms. The van der Waals surface area contributed by atoms with Gasteiger partial charge in [0.25, 0.3) is 0 Å². The van der Waals surface area contributed by atoms with Gasteiger partial charge < -0.3 is 10.6 Å². The smallest absolute Gasteiger partial charge is 0.237 e. The minimum Gasteiger partial charge on any atom is -0.399 e. The van der Waals surface area contributed by atoms with Gasteiger partial charge in [-0.05, 0) is 17.7 Å². The van der Waals surface area contributed by atoms with E-state index in [9.17, 15) is 13.2 Å². The van der Waals surface area contributed by atoms with Gasteiger partial charge in [0.05, 0.1) is 0 Å². The van der Waals surface area contributed by atoms with Crippen molar-refractivity contribution in [1.29, 1.82) is 0 Å². The quantitative estimate of drug-likeness (QED) is 0.784. The van der Waals surface area contributed by atoms with E-state index in [0.29, 0.717) is 12.2 Å². The lowest BCUT2D eigenvalue weighted by atomic mass is 10.2. The van der Waals surface area contributed by atoms with Gasteiger partial charge in [0.1, 0.15) is 5.75 Å². The Morgan fingerprint density at radius 2 is 1.82 bits per heavy atom. The van der Waals surface area contributed by atoms with Gasteiger partial charge in [-0.1, -0.05) is 12.1 Å². The van der Waals surface area contributed by atoms with Crippen molar-refractivity contribution in [3.05, 3.63) is 29.8 Å². The minimum atomic E-state index is -3.28. The Kier molecular flexibility index (Phi) is 4.11. The molecule has 5 nitrogen and oxygen atoms in total.